The summed E-state index contributed by atoms with van der Waals surface area (Å²) in [4.78, 5) is 14.5. The van der Waals surface area contributed by atoms with E-state index in [2.05, 4.69) is 19.9 Å². The molecule has 0 aliphatic rings. The molecule has 0 saturated carbocycles. The summed E-state index contributed by atoms with van der Waals surface area (Å²) in [5.74, 6) is 0.381. The summed E-state index contributed by atoms with van der Waals surface area (Å²) in [5.41, 5.74) is 1.16. The molecular formula is C6H5ClN4O. The van der Waals surface area contributed by atoms with Crippen molar-refractivity contribution >= 4 is 22.8 Å². The fraction of sp³-hybridized carbons (Fsp3) is 0.167. The number of halogens is 1. The van der Waals surface area contributed by atoms with Gasteiger partial charge in [0.15, 0.2) is 11.2 Å². The van der Waals surface area contributed by atoms with Crippen molar-refractivity contribution < 1.29 is 4.74 Å². The van der Waals surface area contributed by atoms with Crippen molar-refractivity contribution in [2.45, 2.75) is 0 Å². The van der Waals surface area contributed by atoms with Crippen molar-refractivity contribution in [3.63, 3.8) is 0 Å². The first-order valence-electron chi connectivity index (χ1n) is 3.22. The molecule has 0 atom stereocenters. The topological polar surface area (TPSA) is 63.7 Å². The van der Waals surface area contributed by atoms with Gasteiger partial charge in [0.05, 0.1) is 13.4 Å². The standard InChI is InChI=1S/C6H5ClN4O/c1-12-5-3-4(9-2-8-3)10-6(7)11-5/h2H,1H3,(H,8,9,10,11). The lowest BCUT2D eigenvalue weighted by molar-refractivity contribution is 0.402. The number of imidazole rings is 1. The van der Waals surface area contributed by atoms with Crippen LogP contribution in [0.15, 0.2) is 6.33 Å². The minimum absolute atomic E-state index is 0.142. The summed E-state index contributed by atoms with van der Waals surface area (Å²) in [6.07, 6.45) is 1.51. The van der Waals surface area contributed by atoms with Crippen LogP contribution in [0.2, 0.25) is 5.28 Å². The number of hydrogen-bond donors (Lipinski definition) is 1. The third-order valence-corrected chi connectivity index (χ3v) is 1.58. The molecule has 0 fully saturated rings. The Bertz CT molecular complexity index is 413. The Morgan fingerprint density at radius 2 is 2.33 bits per heavy atom. The largest absolute Gasteiger partial charge is 0.479 e. The monoisotopic (exact) mass is 184 g/mol. The van der Waals surface area contributed by atoms with Crippen molar-refractivity contribution in [1.82, 2.24) is 19.9 Å². The molecule has 0 bridgehead atoms. The van der Waals surface area contributed by atoms with Gasteiger partial charge >= 0.3 is 0 Å². The van der Waals surface area contributed by atoms with Gasteiger partial charge in [0.25, 0.3) is 0 Å². The molecule has 0 saturated heterocycles. The smallest absolute Gasteiger partial charge is 0.246 e. The molecule has 0 aromatic carbocycles. The third-order valence-electron chi connectivity index (χ3n) is 1.41. The van der Waals surface area contributed by atoms with E-state index in [9.17, 15) is 0 Å². The fourth-order valence-electron chi connectivity index (χ4n) is 0.926. The molecule has 62 valence electrons. The Balaban J connectivity index is 2.80. The van der Waals surface area contributed by atoms with E-state index >= 15 is 0 Å². The Labute approximate surface area is 72.8 Å². The van der Waals surface area contributed by atoms with E-state index in [1.54, 1.807) is 0 Å². The van der Waals surface area contributed by atoms with Crippen LogP contribution in [0, 0.1) is 0 Å². The molecule has 2 rings (SSSR count). The van der Waals surface area contributed by atoms with Crippen molar-refractivity contribution in [3.05, 3.63) is 11.6 Å². The molecular weight excluding hydrogens is 180 g/mol. The summed E-state index contributed by atoms with van der Waals surface area (Å²) in [7, 11) is 1.51. The zero-order valence-corrected chi connectivity index (χ0v) is 6.96. The highest BCUT2D eigenvalue weighted by atomic mass is 35.5. The van der Waals surface area contributed by atoms with Gasteiger partial charge in [0.2, 0.25) is 11.2 Å². The number of aromatic amines is 1. The van der Waals surface area contributed by atoms with Crippen LogP contribution in [0.4, 0.5) is 0 Å². The number of nitrogens with one attached hydrogen (secondary N) is 1. The maximum Gasteiger partial charge on any atom is 0.246 e. The molecule has 0 unspecified atom stereocenters. The quantitative estimate of drug-likeness (QED) is 0.672. The Morgan fingerprint density at radius 1 is 1.50 bits per heavy atom. The summed E-state index contributed by atoms with van der Waals surface area (Å²) in [6.45, 7) is 0. The molecule has 1 N–H and O–H groups in total. The number of methoxy groups -OCH3 is 1. The van der Waals surface area contributed by atoms with Gasteiger partial charge in [-0.25, -0.2) is 4.98 Å². The number of fused-ring (bicyclic) bond motifs is 1. The van der Waals surface area contributed by atoms with Crippen molar-refractivity contribution in [1.29, 1.82) is 0 Å². The highest BCUT2D eigenvalue weighted by Gasteiger charge is 2.07. The van der Waals surface area contributed by atoms with Crippen LogP contribution in [-0.4, -0.2) is 27.0 Å². The van der Waals surface area contributed by atoms with E-state index in [-0.39, 0.29) is 5.28 Å². The Hall–Kier alpha value is -1.36. The van der Waals surface area contributed by atoms with Crippen LogP contribution >= 0.6 is 11.6 Å². The molecule has 0 aliphatic heterocycles. The molecule has 2 aromatic rings. The molecule has 0 aliphatic carbocycles. The van der Waals surface area contributed by atoms with Crippen LogP contribution in [0.3, 0.4) is 0 Å². The second-order valence-corrected chi connectivity index (χ2v) is 2.44. The molecule has 0 spiro atoms. The van der Waals surface area contributed by atoms with Crippen LogP contribution in [0.1, 0.15) is 0 Å². The van der Waals surface area contributed by atoms with Gasteiger partial charge in [-0.15, -0.1) is 0 Å². The van der Waals surface area contributed by atoms with Crippen molar-refractivity contribution in [2.75, 3.05) is 7.11 Å². The first-order valence-corrected chi connectivity index (χ1v) is 3.59. The number of rotatable bonds is 1. The molecule has 2 heterocycles. The minimum atomic E-state index is 0.142. The van der Waals surface area contributed by atoms with Gasteiger partial charge in [-0.05, 0) is 11.6 Å². The highest BCUT2D eigenvalue weighted by molar-refractivity contribution is 6.28. The van der Waals surface area contributed by atoms with Crippen molar-refractivity contribution in [2.24, 2.45) is 0 Å². The van der Waals surface area contributed by atoms with Gasteiger partial charge in [-0.3, -0.25) is 0 Å². The molecule has 2 aromatic heterocycles. The minimum Gasteiger partial charge on any atom is -0.479 e. The van der Waals surface area contributed by atoms with Gasteiger partial charge in [-0.2, -0.15) is 9.97 Å². The molecule has 12 heavy (non-hydrogen) atoms. The predicted octanol–water partition coefficient (Wildman–Crippen LogP) is 1.01. The lowest BCUT2D eigenvalue weighted by Gasteiger charge is -1.97. The molecule has 5 nitrogen and oxygen atoms in total. The average molecular weight is 185 g/mol. The number of aromatic nitrogens is 4. The van der Waals surface area contributed by atoms with Gasteiger partial charge in [-0.1, -0.05) is 0 Å². The molecule has 6 heteroatoms. The molecule has 0 amide bonds. The Morgan fingerprint density at radius 3 is 3.08 bits per heavy atom. The maximum absolute atomic E-state index is 5.61. The van der Waals surface area contributed by atoms with Crippen LogP contribution < -0.4 is 4.74 Å². The van der Waals surface area contributed by atoms with Crippen molar-refractivity contribution in [3.8, 4) is 5.88 Å². The van der Waals surface area contributed by atoms with Crippen LogP contribution in [0.5, 0.6) is 5.88 Å². The second-order valence-electron chi connectivity index (χ2n) is 2.10. The first kappa shape index (κ1) is 7.30. The number of H-pyrrole nitrogens is 1. The summed E-state index contributed by atoms with van der Waals surface area (Å²) in [5, 5.41) is 0.142. The van der Waals surface area contributed by atoms with Gasteiger partial charge in [0.1, 0.15) is 0 Å². The fourth-order valence-corrected chi connectivity index (χ4v) is 1.09. The van der Waals surface area contributed by atoms with E-state index in [1.807, 2.05) is 0 Å². The van der Waals surface area contributed by atoms with Crippen LogP contribution in [-0.2, 0) is 0 Å². The summed E-state index contributed by atoms with van der Waals surface area (Å²) < 4.78 is 4.95. The SMILES string of the molecule is COc1nc(Cl)nc2[nH]cnc12. The zero-order valence-electron chi connectivity index (χ0n) is 6.21. The number of ether oxygens (including phenoxy) is 1. The second kappa shape index (κ2) is 2.60. The first-order chi connectivity index (χ1) is 5.81. The van der Waals surface area contributed by atoms with Crippen LogP contribution in [0.25, 0.3) is 11.2 Å². The third kappa shape index (κ3) is 0.984. The van der Waals surface area contributed by atoms with E-state index in [0.717, 1.165) is 0 Å². The zero-order chi connectivity index (χ0) is 8.55. The van der Waals surface area contributed by atoms with E-state index in [0.29, 0.717) is 17.0 Å². The number of hydrogen-bond acceptors (Lipinski definition) is 4. The lowest BCUT2D eigenvalue weighted by atomic mass is 10.5. The van der Waals surface area contributed by atoms with Gasteiger partial charge < -0.3 is 9.72 Å². The Kier molecular flexibility index (Phi) is 1.58. The normalized spacial score (nSPS) is 10.5. The maximum atomic E-state index is 5.61. The van der Waals surface area contributed by atoms with E-state index in [4.69, 9.17) is 16.3 Å². The molecule has 0 radical (unpaired) electrons. The highest BCUT2D eigenvalue weighted by Crippen LogP contribution is 2.19. The lowest BCUT2D eigenvalue weighted by Crippen LogP contribution is -1.91. The average Bonchev–Trinajstić information content (AvgIpc) is 2.50. The van der Waals surface area contributed by atoms with E-state index in [1.165, 1.54) is 13.4 Å². The summed E-state index contributed by atoms with van der Waals surface area (Å²) in [6, 6.07) is 0. The number of nitrogens with zero attached hydrogens (tertiary/aromatic N) is 3. The summed E-state index contributed by atoms with van der Waals surface area (Å²) >= 11 is 5.61. The van der Waals surface area contributed by atoms with Gasteiger partial charge in [0, 0.05) is 0 Å². The van der Waals surface area contributed by atoms with E-state index < -0.39 is 0 Å². The predicted molar refractivity (Wildman–Crippen MR) is 43.2 cm³/mol.